The molecule has 0 saturated heterocycles. The fourth-order valence-corrected chi connectivity index (χ4v) is 3.56. The first-order valence-corrected chi connectivity index (χ1v) is 7.62. The Kier molecular flexibility index (Phi) is 4.15. The Bertz CT molecular complexity index is 478. The summed E-state index contributed by atoms with van der Waals surface area (Å²) in [6.45, 7) is 8.87. The van der Waals surface area contributed by atoms with Gasteiger partial charge in [0.2, 0.25) is 0 Å². The van der Waals surface area contributed by atoms with Crippen LogP contribution in [0.2, 0.25) is 0 Å². The Morgan fingerprint density at radius 3 is 2.60 bits per heavy atom. The van der Waals surface area contributed by atoms with E-state index < -0.39 is 5.60 Å². The van der Waals surface area contributed by atoms with E-state index in [4.69, 9.17) is 4.74 Å². The number of hydrogen-bond donors (Lipinski definition) is 1. The molecule has 0 spiro atoms. The maximum Gasteiger partial charge on any atom is 0.122 e. The third-order valence-corrected chi connectivity index (χ3v) is 4.94. The van der Waals surface area contributed by atoms with Crippen molar-refractivity contribution in [1.82, 2.24) is 0 Å². The average molecular weight is 276 g/mol. The molecule has 2 unspecified atom stereocenters. The largest absolute Gasteiger partial charge is 0.496 e. The van der Waals surface area contributed by atoms with E-state index in [0.717, 1.165) is 30.6 Å². The highest BCUT2D eigenvalue weighted by Gasteiger charge is 2.42. The first-order chi connectivity index (χ1) is 9.26. The predicted molar refractivity (Wildman–Crippen MR) is 83.2 cm³/mol. The number of methoxy groups -OCH3 is 1. The summed E-state index contributed by atoms with van der Waals surface area (Å²) in [5.74, 6) is 1.21. The standard InChI is InChI=1S/C18H28O2/c1-13-6-7-16(20-5)15(10-13)12-18(19)9-8-17(3,4)11-14(18)2/h6-7,10,14,19H,8-9,11-12H2,1-5H3. The zero-order chi connectivity index (χ0) is 15.0. The van der Waals surface area contributed by atoms with E-state index in [-0.39, 0.29) is 0 Å². The first kappa shape index (κ1) is 15.4. The third kappa shape index (κ3) is 3.17. The van der Waals surface area contributed by atoms with Gasteiger partial charge in [0, 0.05) is 6.42 Å². The molecule has 2 rings (SSSR count). The average Bonchev–Trinajstić information content (AvgIpc) is 2.35. The second-order valence-corrected chi connectivity index (χ2v) is 7.37. The summed E-state index contributed by atoms with van der Waals surface area (Å²) in [6, 6.07) is 6.20. The van der Waals surface area contributed by atoms with Gasteiger partial charge in [-0.3, -0.25) is 0 Å². The molecule has 1 fully saturated rings. The summed E-state index contributed by atoms with van der Waals surface area (Å²) >= 11 is 0. The molecule has 0 bridgehead atoms. The van der Waals surface area contributed by atoms with Crippen molar-refractivity contribution in [2.75, 3.05) is 7.11 Å². The Morgan fingerprint density at radius 1 is 1.30 bits per heavy atom. The van der Waals surface area contributed by atoms with Crippen LogP contribution in [-0.4, -0.2) is 17.8 Å². The minimum absolute atomic E-state index is 0.316. The quantitative estimate of drug-likeness (QED) is 0.899. The molecule has 1 aliphatic carbocycles. The molecular weight excluding hydrogens is 248 g/mol. The van der Waals surface area contributed by atoms with Gasteiger partial charge in [0.15, 0.2) is 0 Å². The molecule has 20 heavy (non-hydrogen) atoms. The second kappa shape index (κ2) is 5.40. The highest BCUT2D eigenvalue weighted by Crippen LogP contribution is 2.45. The van der Waals surface area contributed by atoms with Crippen LogP contribution in [0, 0.1) is 18.3 Å². The van der Waals surface area contributed by atoms with E-state index in [0.29, 0.717) is 17.8 Å². The minimum atomic E-state index is -0.601. The van der Waals surface area contributed by atoms with Crippen LogP contribution in [0.1, 0.15) is 51.2 Å². The van der Waals surface area contributed by atoms with E-state index in [1.54, 1.807) is 7.11 Å². The van der Waals surface area contributed by atoms with Crippen molar-refractivity contribution < 1.29 is 9.84 Å². The van der Waals surface area contributed by atoms with E-state index in [9.17, 15) is 5.11 Å². The number of aryl methyl sites for hydroxylation is 1. The monoisotopic (exact) mass is 276 g/mol. The molecule has 112 valence electrons. The molecule has 1 saturated carbocycles. The molecule has 0 aliphatic heterocycles. The van der Waals surface area contributed by atoms with E-state index in [1.165, 1.54) is 5.56 Å². The number of aliphatic hydroxyl groups is 1. The molecule has 1 aliphatic rings. The van der Waals surface area contributed by atoms with Crippen molar-refractivity contribution >= 4 is 0 Å². The SMILES string of the molecule is COc1ccc(C)cc1CC1(O)CCC(C)(C)CC1C. The molecule has 0 heterocycles. The molecule has 0 radical (unpaired) electrons. The number of benzene rings is 1. The summed E-state index contributed by atoms with van der Waals surface area (Å²) in [7, 11) is 1.70. The Balaban J connectivity index is 2.23. The topological polar surface area (TPSA) is 29.5 Å². The lowest BCUT2D eigenvalue weighted by molar-refractivity contribution is -0.0706. The van der Waals surface area contributed by atoms with E-state index in [2.05, 4.69) is 39.8 Å². The predicted octanol–water partition coefficient (Wildman–Crippen LogP) is 4.12. The highest BCUT2D eigenvalue weighted by atomic mass is 16.5. The highest BCUT2D eigenvalue weighted by molar-refractivity contribution is 5.38. The minimum Gasteiger partial charge on any atom is -0.496 e. The van der Waals surface area contributed by atoms with Crippen LogP contribution < -0.4 is 4.74 Å². The fourth-order valence-electron chi connectivity index (χ4n) is 3.56. The van der Waals surface area contributed by atoms with Gasteiger partial charge in [-0.2, -0.15) is 0 Å². The van der Waals surface area contributed by atoms with Crippen molar-refractivity contribution in [2.45, 2.75) is 59.0 Å². The molecule has 1 aromatic carbocycles. The van der Waals surface area contributed by atoms with Crippen LogP contribution in [0.25, 0.3) is 0 Å². The number of hydrogen-bond acceptors (Lipinski definition) is 2. The summed E-state index contributed by atoms with van der Waals surface area (Å²) in [4.78, 5) is 0. The molecular formula is C18H28O2. The molecule has 0 aromatic heterocycles. The maximum atomic E-state index is 11.1. The number of ether oxygens (including phenoxy) is 1. The Morgan fingerprint density at radius 2 is 2.00 bits per heavy atom. The van der Waals surface area contributed by atoms with Gasteiger partial charge in [0.25, 0.3) is 0 Å². The van der Waals surface area contributed by atoms with Gasteiger partial charge in [-0.25, -0.2) is 0 Å². The van der Waals surface area contributed by atoms with Crippen molar-refractivity contribution in [1.29, 1.82) is 0 Å². The van der Waals surface area contributed by atoms with E-state index in [1.807, 2.05) is 6.07 Å². The summed E-state index contributed by atoms with van der Waals surface area (Å²) < 4.78 is 5.45. The van der Waals surface area contributed by atoms with Crippen LogP contribution in [0.4, 0.5) is 0 Å². The van der Waals surface area contributed by atoms with Crippen molar-refractivity contribution in [2.24, 2.45) is 11.3 Å². The summed E-state index contributed by atoms with van der Waals surface area (Å²) in [6.07, 6.45) is 3.73. The van der Waals surface area contributed by atoms with Crippen LogP contribution >= 0.6 is 0 Å². The van der Waals surface area contributed by atoms with Gasteiger partial charge in [-0.05, 0) is 49.1 Å². The van der Waals surface area contributed by atoms with Gasteiger partial charge in [0.05, 0.1) is 12.7 Å². The fraction of sp³-hybridized carbons (Fsp3) is 0.667. The smallest absolute Gasteiger partial charge is 0.122 e. The van der Waals surface area contributed by atoms with Crippen LogP contribution in [0.15, 0.2) is 18.2 Å². The zero-order valence-corrected chi connectivity index (χ0v) is 13.5. The normalized spacial score (nSPS) is 29.2. The molecule has 2 nitrogen and oxygen atoms in total. The molecule has 1 N–H and O–H groups in total. The van der Waals surface area contributed by atoms with Gasteiger partial charge >= 0.3 is 0 Å². The summed E-state index contributed by atoms with van der Waals surface area (Å²) in [5.41, 5.74) is 2.09. The lowest BCUT2D eigenvalue weighted by atomic mass is 9.64. The van der Waals surface area contributed by atoms with Gasteiger partial charge < -0.3 is 9.84 Å². The molecule has 1 aromatic rings. The lowest BCUT2D eigenvalue weighted by Crippen LogP contribution is -2.45. The maximum absolute atomic E-state index is 11.1. The Labute approximate surface area is 123 Å². The second-order valence-electron chi connectivity index (χ2n) is 7.37. The first-order valence-electron chi connectivity index (χ1n) is 7.62. The van der Waals surface area contributed by atoms with Crippen molar-refractivity contribution in [3.8, 4) is 5.75 Å². The van der Waals surface area contributed by atoms with Gasteiger partial charge in [-0.1, -0.05) is 38.5 Å². The molecule has 2 atom stereocenters. The van der Waals surface area contributed by atoms with Crippen LogP contribution in [0.5, 0.6) is 5.75 Å². The Hall–Kier alpha value is -1.02. The van der Waals surface area contributed by atoms with Gasteiger partial charge in [-0.15, -0.1) is 0 Å². The molecule has 0 amide bonds. The van der Waals surface area contributed by atoms with Crippen LogP contribution in [0.3, 0.4) is 0 Å². The van der Waals surface area contributed by atoms with Gasteiger partial charge in [0.1, 0.15) is 5.75 Å². The van der Waals surface area contributed by atoms with Crippen LogP contribution in [-0.2, 0) is 6.42 Å². The third-order valence-electron chi connectivity index (χ3n) is 4.94. The number of rotatable bonds is 3. The molecule has 2 heteroatoms. The summed E-state index contributed by atoms with van der Waals surface area (Å²) in [5, 5.41) is 11.1. The lowest BCUT2D eigenvalue weighted by Gasteiger charge is -2.45. The van der Waals surface area contributed by atoms with Crippen molar-refractivity contribution in [3.05, 3.63) is 29.3 Å². The van der Waals surface area contributed by atoms with Crippen molar-refractivity contribution in [3.63, 3.8) is 0 Å². The van der Waals surface area contributed by atoms with E-state index >= 15 is 0 Å². The zero-order valence-electron chi connectivity index (χ0n) is 13.5.